The standard InChI is InChI=1S/C9H14O2/c10-7-1-2-9(11)6-5-8-3-4-8/h7-8H,1-6H2. The Kier molecular flexibility index (Phi) is 3.27. The van der Waals surface area contributed by atoms with Crippen LogP contribution in [0.1, 0.15) is 38.5 Å². The lowest BCUT2D eigenvalue weighted by atomic mass is 10.1. The third-order valence-electron chi connectivity index (χ3n) is 2.07. The maximum Gasteiger partial charge on any atom is 0.133 e. The summed E-state index contributed by atoms with van der Waals surface area (Å²) in [5.41, 5.74) is 0. The quantitative estimate of drug-likeness (QED) is 0.546. The van der Waals surface area contributed by atoms with E-state index in [1.807, 2.05) is 0 Å². The molecule has 0 aliphatic heterocycles. The minimum Gasteiger partial charge on any atom is -0.303 e. The molecule has 1 aliphatic rings. The van der Waals surface area contributed by atoms with Gasteiger partial charge in [0.25, 0.3) is 0 Å². The zero-order chi connectivity index (χ0) is 8.10. The average Bonchev–Trinajstić information content (AvgIpc) is 2.80. The van der Waals surface area contributed by atoms with Gasteiger partial charge in [-0.05, 0) is 12.3 Å². The molecule has 0 saturated heterocycles. The number of hydrogen-bond acceptors (Lipinski definition) is 2. The molecule has 1 aliphatic carbocycles. The zero-order valence-corrected chi connectivity index (χ0v) is 6.71. The summed E-state index contributed by atoms with van der Waals surface area (Å²) in [6, 6.07) is 0. The van der Waals surface area contributed by atoms with Crippen molar-refractivity contribution in [2.45, 2.75) is 38.5 Å². The summed E-state index contributed by atoms with van der Waals surface area (Å²) in [4.78, 5) is 20.9. The van der Waals surface area contributed by atoms with Crippen molar-refractivity contribution in [3.8, 4) is 0 Å². The second-order valence-electron chi connectivity index (χ2n) is 3.23. The van der Waals surface area contributed by atoms with Gasteiger partial charge < -0.3 is 4.79 Å². The van der Waals surface area contributed by atoms with Gasteiger partial charge in [0.05, 0.1) is 0 Å². The van der Waals surface area contributed by atoms with Crippen LogP contribution in [0.5, 0.6) is 0 Å². The first-order valence-corrected chi connectivity index (χ1v) is 4.28. The number of hydrogen-bond donors (Lipinski definition) is 0. The molecule has 0 aromatic carbocycles. The molecule has 2 heteroatoms. The van der Waals surface area contributed by atoms with Gasteiger partial charge in [-0.15, -0.1) is 0 Å². The molecule has 0 heterocycles. The van der Waals surface area contributed by atoms with Crippen LogP contribution in [0, 0.1) is 5.92 Å². The molecule has 0 aromatic heterocycles. The number of ketones is 1. The van der Waals surface area contributed by atoms with E-state index in [1.165, 1.54) is 12.8 Å². The van der Waals surface area contributed by atoms with Gasteiger partial charge in [0.15, 0.2) is 0 Å². The minimum atomic E-state index is 0.254. The van der Waals surface area contributed by atoms with Crippen molar-refractivity contribution in [2.24, 2.45) is 5.92 Å². The van der Waals surface area contributed by atoms with Crippen molar-refractivity contribution in [3.63, 3.8) is 0 Å². The zero-order valence-electron chi connectivity index (χ0n) is 6.71. The molecule has 11 heavy (non-hydrogen) atoms. The molecule has 1 saturated carbocycles. The summed E-state index contributed by atoms with van der Waals surface area (Å²) in [5, 5.41) is 0. The maximum atomic E-state index is 11.0. The topological polar surface area (TPSA) is 34.1 Å². The molecule has 0 N–H and O–H groups in total. The maximum absolute atomic E-state index is 11.0. The summed E-state index contributed by atoms with van der Waals surface area (Å²) in [6.07, 6.45) is 6.03. The van der Waals surface area contributed by atoms with Gasteiger partial charge in [0.1, 0.15) is 12.1 Å². The first-order valence-electron chi connectivity index (χ1n) is 4.28. The minimum absolute atomic E-state index is 0.254. The largest absolute Gasteiger partial charge is 0.303 e. The fourth-order valence-electron chi connectivity index (χ4n) is 1.12. The summed E-state index contributed by atoms with van der Waals surface area (Å²) < 4.78 is 0. The smallest absolute Gasteiger partial charge is 0.133 e. The lowest BCUT2D eigenvalue weighted by molar-refractivity contribution is -0.120. The van der Waals surface area contributed by atoms with Crippen molar-refractivity contribution < 1.29 is 9.59 Å². The number of carbonyl (C=O) groups is 2. The normalized spacial score (nSPS) is 16.4. The molecule has 1 rings (SSSR count). The summed E-state index contributed by atoms with van der Waals surface area (Å²) in [5.74, 6) is 1.08. The highest BCUT2D eigenvalue weighted by atomic mass is 16.1. The van der Waals surface area contributed by atoms with E-state index in [-0.39, 0.29) is 5.78 Å². The molecular weight excluding hydrogens is 140 g/mol. The second kappa shape index (κ2) is 4.27. The van der Waals surface area contributed by atoms with E-state index in [9.17, 15) is 9.59 Å². The third kappa shape index (κ3) is 3.91. The van der Waals surface area contributed by atoms with E-state index in [0.29, 0.717) is 19.3 Å². The van der Waals surface area contributed by atoms with Gasteiger partial charge in [-0.2, -0.15) is 0 Å². The highest BCUT2D eigenvalue weighted by Crippen LogP contribution is 2.33. The second-order valence-corrected chi connectivity index (χ2v) is 3.23. The van der Waals surface area contributed by atoms with Gasteiger partial charge in [0, 0.05) is 19.3 Å². The first-order chi connectivity index (χ1) is 5.33. The average molecular weight is 154 g/mol. The Morgan fingerprint density at radius 1 is 1.36 bits per heavy atom. The summed E-state index contributed by atoms with van der Waals surface area (Å²) in [7, 11) is 0. The van der Waals surface area contributed by atoms with Crippen molar-refractivity contribution in [3.05, 3.63) is 0 Å². The van der Waals surface area contributed by atoms with Crippen LogP contribution in [0.3, 0.4) is 0 Å². The highest BCUT2D eigenvalue weighted by Gasteiger charge is 2.21. The highest BCUT2D eigenvalue weighted by molar-refractivity contribution is 5.80. The van der Waals surface area contributed by atoms with Crippen LogP contribution in [0.15, 0.2) is 0 Å². The van der Waals surface area contributed by atoms with Crippen molar-refractivity contribution >= 4 is 12.1 Å². The Balaban J connectivity index is 1.95. The van der Waals surface area contributed by atoms with Gasteiger partial charge in [-0.1, -0.05) is 12.8 Å². The first kappa shape index (κ1) is 8.44. The Hall–Kier alpha value is -0.660. The molecule has 0 atom stereocenters. The molecule has 0 radical (unpaired) electrons. The van der Waals surface area contributed by atoms with E-state index in [0.717, 1.165) is 18.6 Å². The monoisotopic (exact) mass is 154 g/mol. The van der Waals surface area contributed by atoms with E-state index in [4.69, 9.17) is 0 Å². The predicted octanol–water partition coefficient (Wildman–Crippen LogP) is 1.72. The molecule has 0 aromatic rings. The lowest BCUT2D eigenvalue weighted by Crippen LogP contribution is -1.98. The van der Waals surface area contributed by atoms with Crippen LogP contribution in [0.25, 0.3) is 0 Å². The van der Waals surface area contributed by atoms with Crippen LogP contribution in [0.2, 0.25) is 0 Å². The fourth-order valence-corrected chi connectivity index (χ4v) is 1.12. The van der Waals surface area contributed by atoms with Crippen LogP contribution in [-0.2, 0) is 9.59 Å². The van der Waals surface area contributed by atoms with Crippen molar-refractivity contribution in [1.29, 1.82) is 0 Å². The summed E-state index contributed by atoms with van der Waals surface area (Å²) in [6.45, 7) is 0. The van der Waals surface area contributed by atoms with Crippen LogP contribution in [0.4, 0.5) is 0 Å². The number of Topliss-reactive ketones (excluding diaryl/α,β-unsaturated/α-hetero) is 1. The predicted molar refractivity (Wildman–Crippen MR) is 42.3 cm³/mol. The van der Waals surface area contributed by atoms with Gasteiger partial charge >= 0.3 is 0 Å². The molecular formula is C9H14O2. The van der Waals surface area contributed by atoms with E-state index in [1.54, 1.807) is 0 Å². The van der Waals surface area contributed by atoms with E-state index in [2.05, 4.69) is 0 Å². The third-order valence-corrected chi connectivity index (χ3v) is 2.07. The Morgan fingerprint density at radius 2 is 2.09 bits per heavy atom. The number of carbonyl (C=O) groups excluding carboxylic acids is 2. The molecule has 2 nitrogen and oxygen atoms in total. The molecule has 62 valence electrons. The Labute approximate surface area is 67.0 Å². The van der Waals surface area contributed by atoms with Crippen molar-refractivity contribution in [2.75, 3.05) is 0 Å². The Morgan fingerprint density at radius 3 is 2.64 bits per heavy atom. The van der Waals surface area contributed by atoms with Crippen LogP contribution in [-0.4, -0.2) is 12.1 Å². The van der Waals surface area contributed by atoms with Crippen molar-refractivity contribution in [1.82, 2.24) is 0 Å². The SMILES string of the molecule is O=CCCC(=O)CCC1CC1. The van der Waals surface area contributed by atoms with Crippen LogP contribution >= 0.6 is 0 Å². The number of aldehydes is 1. The molecule has 0 amide bonds. The van der Waals surface area contributed by atoms with E-state index >= 15 is 0 Å². The molecule has 0 bridgehead atoms. The molecule has 1 fully saturated rings. The summed E-state index contributed by atoms with van der Waals surface area (Å²) >= 11 is 0. The molecule has 0 spiro atoms. The lowest BCUT2D eigenvalue weighted by Gasteiger charge is -1.95. The van der Waals surface area contributed by atoms with Gasteiger partial charge in [0.2, 0.25) is 0 Å². The molecule has 0 unspecified atom stereocenters. The van der Waals surface area contributed by atoms with E-state index < -0.39 is 0 Å². The van der Waals surface area contributed by atoms with Gasteiger partial charge in [-0.3, -0.25) is 4.79 Å². The Bertz CT molecular complexity index is 148. The van der Waals surface area contributed by atoms with Crippen LogP contribution < -0.4 is 0 Å². The van der Waals surface area contributed by atoms with Gasteiger partial charge in [-0.25, -0.2) is 0 Å². The fraction of sp³-hybridized carbons (Fsp3) is 0.778. The number of rotatable bonds is 6.